The standard InChI is InChI=1S/C26H38F2/c1-18-7-11-20(12-8-18)21-13-9-19(10-14-21)17-23-15-16-24(26(28)25(23)27)22-5-3-2-4-6-22/h15-16,18-22H,2-14,17H2,1H3. The molecular weight excluding hydrogens is 350 g/mol. The van der Waals surface area contributed by atoms with E-state index in [1.807, 2.05) is 12.1 Å². The summed E-state index contributed by atoms with van der Waals surface area (Å²) in [4.78, 5) is 0. The van der Waals surface area contributed by atoms with E-state index in [4.69, 9.17) is 0 Å². The van der Waals surface area contributed by atoms with Crippen molar-refractivity contribution >= 4 is 0 Å². The van der Waals surface area contributed by atoms with Crippen LogP contribution in [0.25, 0.3) is 0 Å². The summed E-state index contributed by atoms with van der Waals surface area (Å²) >= 11 is 0. The minimum atomic E-state index is -0.550. The second kappa shape index (κ2) is 9.26. The van der Waals surface area contributed by atoms with Gasteiger partial charge in [0.25, 0.3) is 0 Å². The Balaban J connectivity index is 1.33. The van der Waals surface area contributed by atoms with Gasteiger partial charge in [-0.2, -0.15) is 0 Å². The minimum Gasteiger partial charge on any atom is -0.203 e. The van der Waals surface area contributed by atoms with Crippen LogP contribution in [0.15, 0.2) is 12.1 Å². The summed E-state index contributed by atoms with van der Waals surface area (Å²) in [6.07, 6.45) is 16.9. The molecule has 4 rings (SSSR count). The zero-order valence-electron chi connectivity index (χ0n) is 17.7. The zero-order valence-corrected chi connectivity index (χ0v) is 17.7. The summed E-state index contributed by atoms with van der Waals surface area (Å²) in [5, 5.41) is 0. The Labute approximate surface area is 170 Å². The maximum atomic E-state index is 14.8. The third-order valence-electron chi connectivity index (χ3n) is 8.36. The van der Waals surface area contributed by atoms with Gasteiger partial charge < -0.3 is 0 Å². The molecule has 3 saturated carbocycles. The first kappa shape index (κ1) is 20.4. The van der Waals surface area contributed by atoms with Gasteiger partial charge in [-0.05, 0) is 98.5 Å². The molecule has 0 aliphatic heterocycles. The minimum absolute atomic E-state index is 0.228. The fourth-order valence-corrected chi connectivity index (χ4v) is 6.42. The van der Waals surface area contributed by atoms with E-state index in [0.717, 1.165) is 49.9 Å². The normalized spacial score (nSPS) is 32.4. The molecule has 156 valence electrons. The van der Waals surface area contributed by atoms with Crippen molar-refractivity contribution in [3.63, 3.8) is 0 Å². The van der Waals surface area contributed by atoms with E-state index in [9.17, 15) is 8.78 Å². The highest BCUT2D eigenvalue weighted by Crippen LogP contribution is 2.42. The number of rotatable bonds is 4. The van der Waals surface area contributed by atoms with Gasteiger partial charge in [-0.3, -0.25) is 0 Å². The number of hydrogen-bond acceptors (Lipinski definition) is 0. The first-order valence-corrected chi connectivity index (χ1v) is 12.1. The van der Waals surface area contributed by atoms with Crippen LogP contribution in [0.3, 0.4) is 0 Å². The molecular formula is C26H38F2. The molecule has 1 aromatic rings. The summed E-state index contributed by atoms with van der Waals surface area (Å²) < 4.78 is 29.6. The summed E-state index contributed by atoms with van der Waals surface area (Å²) in [6, 6.07) is 3.80. The first-order valence-electron chi connectivity index (χ1n) is 12.1. The highest BCUT2D eigenvalue weighted by atomic mass is 19.2. The molecule has 0 radical (unpaired) electrons. The zero-order chi connectivity index (χ0) is 19.5. The van der Waals surface area contributed by atoms with Crippen molar-refractivity contribution in [3.8, 4) is 0 Å². The average molecular weight is 389 g/mol. The highest BCUT2D eigenvalue weighted by molar-refractivity contribution is 5.29. The number of benzene rings is 1. The van der Waals surface area contributed by atoms with E-state index < -0.39 is 11.6 Å². The molecule has 0 aromatic heterocycles. The lowest BCUT2D eigenvalue weighted by Crippen LogP contribution is -2.26. The lowest BCUT2D eigenvalue weighted by Gasteiger charge is -2.37. The van der Waals surface area contributed by atoms with Crippen LogP contribution in [0.4, 0.5) is 8.78 Å². The van der Waals surface area contributed by atoms with Crippen molar-refractivity contribution in [2.45, 2.75) is 103 Å². The monoisotopic (exact) mass is 388 g/mol. The molecule has 1 aromatic carbocycles. The second-order valence-corrected chi connectivity index (χ2v) is 10.3. The van der Waals surface area contributed by atoms with Crippen molar-refractivity contribution in [3.05, 3.63) is 34.9 Å². The van der Waals surface area contributed by atoms with Gasteiger partial charge in [-0.25, -0.2) is 8.78 Å². The van der Waals surface area contributed by atoms with E-state index in [1.165, 1.54) is 57.8 Å². The number of hydrogen-bond donors (Lipinski definition) is 0. The van der Waals surface area contributed by atoms with Gasteiger partial charge in [-0.15, -0.1) is 0 Å². The van der Waals surface area contributed by atoms with Crippen LogP contribution >= 0.6 is 0 Å². The van der Waals surface area contributed by atoms with E-state index in [-0.39, 0.29) is 5.92 Å². The Morgan fingerprint density at radius 1 is 0.714 bits per heavy atom. The molecule has 0 amide bonds. The van der Waals surface area contributed by atoms with Crippen molar-refractivity contribution in [1.82, 2.24) is 0 Å². The third-order valence-corrected chi connectivity index (χ3v) is 8.36. The van der Waals surface area contributed by atoms with E-state index >= 15 is 0 Å². The van der Waals surface area contributed by atoms with E-state index in [2.05, 4.69) is 6.92 Å². The fraction of sp³-hybridized carbons (Fsp3) is 0.769. The molecule has 0 saturated heterocycles. The van der Waals surface area contributed by atoms with Gasteiger partial charge >= 0.3 is 0 Å². The molecule has 0 spiro atoms. The molecule has 0 N–H and O–H groups in total. The molecule has 3 fully saturated rings. The Morgan fingerprint density at radius 2 is 1.32 bits per heavy atom. The fourth-order valence-electron chi connectivity index (χ4n) is 6.42. The van der Waals surface area contributed by atoms with Crippen molar-refractivity contribution < 1.29 is 8.78 Å². The summed E-state index contributed by atoms with van der Waals surface area (Å²) in [6.45, 7) is 2.39. The van der Waals surface area contributed by atoms with Crippen LogP contribution in [0.2, 0.25) is 0 Å². The maximum absolute atomic E-state index is 14.8. The van der Waals surface area contributed by atoms with Crippen molar-refractivity contribution in [2.24, 2.45) is 23.7 Å². The first-order chi connectivity index (χ1) is 13.6. The van der Waals surface area contributed by atoms with Crippen LogP contribution < -0.4 is 0 Å². The van der Waals surface area contributed by atoms with Crippen LogP contribution in [0.5, 0.6) is 0 Å². The Bertz CT molecular complexity index is 630. The maximum Gasteiger partial charge on any atom is 0.162 e. The predicted octanol–water partition coefficient (Wildman–Crippen LogP) is 8.19. The topological polar surface area (TPSA) is 0 Å². The van der Waals surface area contributed by atoms with Crippen LogP contribution in [0, 0.1) is 35.3 Å². The Morgan fingerprint density at radius 3 is 1.96 bits per heavy atom. The van der Waals surface area contributed by atoms with E-state index in [1.54, 1.807) is 0 Å². The van der Waals surface area contributed by atoms with Crippen LogP contribution in [-0.2, 0) is 6.42 Å². The molecule has 3 aliphatic rings. The van der Waals surface area contributed by atoms with Crippen molar-refractivity contribution in [2.75, 3.05) is 0 Å². The van der Waals surface area contributed by atoms with Gasteiger partial charge in [0.05, 0.1) is 0 Å². The SMILES string of the molecule is CC1CCC(C2CCC(Cc3ccc(C4CCCCC4)c(F)c3F)CC2)CC1. The molecule has 0 atom stereocenters. The van der Waals surface area contributed by atoms with Gasteiger partial charge in [-0.1, -0.05) is 51.2 Å². The molecule has 0 unspecified atom stereocenters. The summed E-state index contributed by atoms with van der Waals surface area (Å²) in [5.41, 5.74) is 1.25. The summed E-state index contributed by atoms with van der Waals surface area (Å²) in [7, 11) is 0. The van der Waals surface area contributed by atoms with Crippen molar-refractivity contribution in [1.29, 1.82) is 0 Å². The molecule has 0 heterocycles. The van der Waals surface area contributed by atoms with E-state index in [0.29, 0.717) is 17.0 Å². The Hall–Kier alpha value is -0.920. The predicted molar refractivity (Wildman–Crippen MR) is 112 cm³/mol. The smallest absolute Gasteiger partial charge is 0.162 e. The van der Waals surface area contributed by atoms with Gasteiger partial charge in [0, 0.05) is 0 Å². The lowest BCUT2D eigenvalue weighted by atomic mass is 9.69. The van der Waals surface area contributed by atoms with Crippen LogP contribution in [-0.4, -0.2) is 0 Å². The molecule has 2 heteroatoms. The largest absolute Gasteiger partial charge is 0.203 e. The van der Waals surface area contributed by atoms with Gasteiger partial charge in [0.15, 0.2) is 11.6 Å². The molecule has 0 bridgehead atoms. The summed E-state index contributed by atoms with van der Waals surface area (Å²) in [5.74, 6) is 2.40. The lowest BCUT2D eigenvalue weighted by molar-refractivity contribution is 0.150. The average Bonchev–Trinajstić information content (AvgIpc) is 2.73. The number of halogens is 2. The van der Waals surface area contributed by atoms with Gasteiger partial charge in [0.1, 0.15) is 0 Å². The molecule has 28 heavy (non-hydrogen) atoms. The second-order valence-electron chi connectivity index (χ2n) is 10.3. The third kappa shape index (κ3) is 4.62. The van der Waals surface area contributed by atoms with Gasteiger partial charge in [0.2, 0.25) is 0 Å². The Kier molecular flexibility index (Phi) is 6.74. The highest BCUT2D eigenvalue weighted by Gasteiger charge is 2.31. The molecule has 3 aliphatic carbocycles. The molecule has 0 nitrogen and oxygen atoms in total. The van der Waals surface area contributed by atoms with Crippen LogP contribution in [0.1, 0.15) is 107 Å². The quantitative estimate of drug-likeness (QED) is 0.488.